The summed E-state index contributed by atoms with van der Waals surface area (Å²) in [4.78, 5) is 11.1. The average Bonchev–Trinajstić information content (AvgIpc) is 2.28. The van der Waals surface area contributed by atoms with E-state index in [9.17, 15) is 13.6 Å². The molecule has 1 aromatic carbocycles. The molecule has 0 saturated heterocycles. The van der Waals surface area contributed by atoms with Gasteiger partial charge in [-0.05, 0) is 24.7 Å². The van der Waals surface area contributed by atoms with E-state index in [1.165, 1.54) is 0 Å². The summed E-state index contributed by atoms with van der Waals surface area (Å²) in [6, 6.07) is 2.17. The van der Waals surface area contributed by atoms with Gasteiger partial charge in [-0.3, -0.25) is 0 Å². The highest BCUT2D eigenvalue weighted by Crippen LogP contribution is 2.17. The van der Waals surface area contributed by atoms with Gasteiger partial charge in [0.1, 0.15) is 17.2 Å². The van der Waals surface area contributed by atoms with Gasteiger partial charge in [0.25, 0.3) is 0 Å². The van der Waals surface area contributed by atoms with Crippen molar-refractivity contribution in [3.8, 4) is 0 Å². The molecule has 0 unspecified atom stereocenters. The third-order valence-corrected chi connectivity index (χ3v) is 2.09. The third-order valence-electron chi connectivity index (χ3n) is 2.09. The molecule has 17 heavy (non-hydrogen) atoms. The molecule has 0 amide bonds. The van der Waals surface area contributed by atoms with Crippen LogP contribution in [0, 0.1) is 11.6 Å². The van der Waals surface area contributed by atoms with Gasteiger partial charge in [-0.2, -0.15) is 0 Å². The summed E-state index contributed by atoms with van der Waals surface area (Å²) in [5.74, 6) is -2.88. The summed E-state index contributed by atoms with van der Waals surface area (Å²) < 4.78 is 31.2. The van der Waals surface area contributed by atoms with Crippen LogP contribution in [0.1, 0.15) is 15.9 Å². The van der Waals surface area contributed by atoms with E-state index in [2.05, 4.69) is 10.1 Å². The number of likely N-dealkylation sites (N-methyl/N-ethyl adjacent to an activating group) is 1. The minimum atomic E-state index is -1.02. The molecule has 1 rings (SSSR count). The highest BCUT2D eigenvalue weighted by Gasteiger charge is 2.18. The predicted molar refractivity (Wildman–Crippen MR) is 60.7 cm³/mol. The number of ether oxygens (including phenoxy) is 1. The molecule has 0 heterocycles. The maximum Gasteiger partial charge on any atom is 0.343 e. The molecule has 92 valence electrons. The number of rotatable bonds is 4. The largest absolute Gasteiger partial charge is 0.465 e. The van der Waals surface area contributed by atoms with Gasteiger partial charge in [0.2, 0.25) is 0 Å². The third kappa shape index (κ3) is 3.35. The van der Waals surface area contributed by atoms with Crippen LogP contribution in [0.15, 0.2) is 18.2 Å². The van der Waals surface area contributed by atoms with Crippen molar-refractivity contribution in [3.63, 3.8) is 0 Å². The van der Waals surface area contributed by atoms with Crippen molar-refractivity contribution in [2.75, 3.05) is 20.7 Å². The molecular weight excluding hydrogens is 228 g/mol. The number of nitrogens with one attached hydrogen (secondary N) is 1. The Morgan fingerprint density at radius 3 is 2.47 bits per heavy atom. The lowest BCUT2D eigenvalue weighted by molar-refractivity contribution is 0.0590. The van der Waals surface area contributed by atoms with E-state index in [1.54, 1.807) is 19.2 Å². The summed E-state index contributed by atoms with van der Waals surface area (Å²) >= 11 is 0. The first-order valence-corrected chi connectivity index (χ1v) is 4.98. The van der Waals surface area contributed by atoms with E-state index in [1.807, 2.05) is 0 Å². The van der Waals surface area contributed by atoms with Crippen LogP contribution in [0.4, 0.5) is 8.78 Å². The molecular formula is C12H13F2NO2. The molecule has 0 aliphatic rings. The van der Waals surface area contributed by atoms with Crippen molar-refractivity contribution in [2.24, 2.45) is 0 Å². The first kappa shape index (κ1) is 13.3. The number of methoxy groups -OCH3 is 1. The Balaban J connectivity index is 3.05. The Morgan fingerprint density at radius 1 is 1.41 bits per heavy atom. The van der Waals surface area contributed by atoms with Gasteiger partial charge in [-0.25, -0.2) is 13.6 Å². The lowest BCUT2D eigenvalue weighted by Crippen LogP contribution is -2.08. The smallest absolute Gasteiger partial charge is 0.343 e. The van der Waals surface area contributed by atoms with Crippen LogP contribution in [0.5, 0.6) is 0 Å². The fourth-order valence-electron chi connectivity index (χ4n) is 1.30. The van der Waals surface area contributed by atoms with Crippen molar-refractivity contribution in [1.82, 2.24) is 5.32 Å². The summed E-state index contributed by atoms with van der Waals surface area (Å²) in [6.07, 6.45) is 3.27. The summed E-state index contributed by atoms with van der Waals surface area (Å²) in [5, 5.41) is 2.86. The lowest BCUT2D eigenvalue weighted by Gasteiger charge is -2.04. The number of halogens is 2. The van der Waals surface area contributed by atoms with E-state index in [0.29, 0.717) is 12.1 Å². The highest BCUT2D eigenvalue weighted by atomic mass is 19.1. The molecule has 0 saturated carbocycles. The van der Waals surface area contributed by atoms with Crippen LogP contribution in [0.25, 0.3) is 6.08 Å². The summed E-state index contributed by atoms with van der Waals surface area (Å²) in [5.41, 5.74) is -0.318. The standard InChI is InChI=1S/C12H13F2NO2/c1-15-5-3-4-8-6-9(13)11(10(14)7-8)12(16)17-2/h3-4,6-7,15H,5H2,1-2H3. The molecule has 0 bridgehead atoms. The molecule has 3 nitrogen and oxygen atoms in total. The van der Waals surface area contributed by atoms with Gasteiger partial charge in [0.15, 0.2) is 0 Å². The summed E-state index contributed by atoms with van der Waals surface area (Å²) in [6.45, 7) is 0.585. The number of esters is 1. The van der Waals surface area contributed by atoms with Gasteiger partial charge < -0.3 is 10.1 Å². The van der Waals surface area contributed by atoms with Crippen LogP contribution in [0.2, 0.25) is 0 Å². The second-order valence-electron chi connectivity index (χ2n) is 3.31. The van der Waals surface area contributed by atoms with Crippen molar-refractivity contribution in [2.45, 2.75) is 0 Å². The van der Waals surface area contributed by atoms with Crippen molar-refractivity contribution in [3.05, 3.63) is 41.0 Å². The number of carbonyl (C=O) groups excluding carboxylic acids is 1. The maximum atomic E-state index is 13.5. The highest BCUT2D eigenvalue weighted by molar-refractivity contribution is 5.90. The fraction of sp³-hybridized carbons (Fsp3) is 0.250. The van der Waals surface area contributed by atoms with Crippen LogP contribution in [-0.4, -0.2) is 26.7 Å². The van der Waals surface area contributed by atoms with Gasteiger partial charge >= 0.3 is 5.97 Å². The zero-order chi connectivity index (χ0) is 12.8. The Labute approximate surface area is 98.1 Å². The lowest BCUT2D eigenvalue weighted by atomic mass is 10.1. The van der Waals surface area contributed by atoms with Crippen molar-refractivity contribution < 1.29 is 18.3 Å². The van der Waals surface area contributed by atoms with Crippen LogP contribution in [-0.2, 0) is 4.74 Å². The molecule has 0 fully saturated rings. The van der Waals surface area contributed by atoms with Gasteiger partial charge in [0, 0.05) is 6.54 Å². The van der Waals surface area contributed by atoms with E-state index in [-0.39, 0.29) is 0 Å². The second kappa shape index (κ2) is 6.10. The minimum absolute atomic E-state index is 0.350. The van der Waals surface area contributed by atoms with E-state index in [4.69, 9.17) is 0 Å². The molecule has 5 heteroatoms. The van der Waals surface area contributed by atoms with Gasteiger partial charge in [-0.15, -0.1) is 0 Å². The molecule has 0 spiro atoms. The molecule has 0 aliphatic heterocycles. The molecule has 0 aliphatic carbocycles. The number of benzene rings is 1. The normalized spacial score (nSPS) is 10.8. The maximum absolute atomic E-state index is 13.5. The monoisotopic (exact) mass is 241 g/mol. The van der Waals surface area contributed by atoms with Crippen molar-refractivity contribution >= 4 is 12.0 Å². The summed E-state index contributed by atoms with van der Waals surface area (Å²) in [7, 11) is 2.83. The average molecular weight is 241 g/mol. The van der Waals surface area contributed by atoms with Gasteiger partial charge in [0.05, 0.1) is 7.11 Å². The number of carbonyl (C=O) groups is 1. The molecule has 0 aromatic heterocycles. The van der Waals surface area contributed by atoms with E-state index >= 15 is 0 Å². The van der Waals surface area contributed by atoms with Crippen LogP contribution >= 0.6 is 0 Å². The molecule has 1 aromatic rings. The van der Waals surface area contributed by atoms with E-state index in [0.717, 1.165) is 19.2 Å². The van der Waals surface area contributed by atoms with Crippen LogP contribution in [0.3, 0.4) is 0 Å². The number of hydrogen-bond acceptors (Lipinski definition) is 3. The Hall–Kier alpha value is -1.75. The van der Waals surface area contributed by atoms with Crippen molar-refractivity contribution in [1.29, 1.82) is 0 Å². The van der Waals surface area contributed by atoms with Crippen LogP contribution < -0.4 is 5.32 Å². The van der Waals surface area contributed by atoms with E-state index < -0.39 is 23.2 Å². The quantitative estimate of drug-likeness (QED) is 0.819. The minimum Gasteiger partial charge on any atom is -0.465 e. The molecule has 0 atom stereocenters. The zero-order valence-corrected chi connectivity index (χ0v) is 9.59. The second-order valence-corrected chi connectivity index (χ2v) is 3.31. The topological polar surface area (TPSA) is 38.3 Å². The predicted octanol–water partition coefficient (Wildman–Crippen LogP) is 1.98. The zero-order valence-electron chi connectivity index (χ0n) is 9.59. The SMILES string of the molecule is CNCC=Cc1cc(F)c(C(=O)OC)c(F)c1. The Kier molecular flexibility index (Phi) is 4.78. The molecule has 1 N–H and O–H groups in total. The Bertz CT molecular complexity index is 421. The first-order valence-electron chi connectivity index (χ1n) is 4.98. The Morgan fingerprint density at radius 2 is 2.00 bits per heavy atom. The van der Waals surface area contributed by atoms with Gasteiger partial charge in [-0.1, -0.05) is 12.2 Å². The first-order chi connectivity index (χ1) is 8.10. The molecule has 0 radical (unpaired) electrons. The number of hydrogen-bond donors (Lipinski definition) is 1. The fourth-order valence-corrected chi connectivity index (χ4v) is 1.30.